The van der Waals surface area contributed by atoms with Crippen LogP contribution in [0.1, 0.15) is 5.56 Å². The van der Waals surface area contributed by atoms with Crippen LogP contribution >= 0.6 is 11.8 Å². The molecule has 0 N–H and O–H groups in total. The molecule has 2 atom stereocenters. The zero-order valence-corrected chi connectivity index (χ0v) is 20.9. The molecule has 4 rings (SSSR count). The first-order valence-electron chi connectivity index (χ1n) is 10.5. The van der Waals surface area contributed by atoms with Gasteiger partial charge in [-0.15, -0.1) is 0 Å². The van der Waals surface area contributed by atoms with E-state index in [1.807, 2.05) is 4.90 Å². The third-order valence-electron chi connectivity index (χ3n) is 5.74. The van der Waals surface area contributed by atoms with Crippen LogP contribution < -0.4 is 23.8 Å². The summed E-state index contributed by atoms with van der Waals surface area (Å²) >= 11 is 1.31. The molecule has 0 unspecified atom stereocenters. The lowest BCUT2D eigenvalue weighted by molar-refractivity contribution is -0.117. The van der Waals surface area contributed by atoms with Gasteiger partial charge < -0.3 is 23.8 Å². The van der Waals surface area contributed by atoms with Gasteiger partial charge in [-0.25, -0.2) is 8.42 Å². The molecule has 182 valence electrons. The lowest BCUT2D eigenvalue weighted by Gasteiger charge is -2.26. The van der Waals surface area contributed by atoms with Crippen molar-refractivity contribution >= 4 is 38.4 Å². The Balaban J connectivity index is 1.67. The fourth-order valence-corrected chi connectivity index (χ4v) is 8.07. The second-order valence-electron chi connectivity index (χ2n) is 7.86. The summed E-state index contributed by atoms with van der Waals surface area (Å²) in [7, 11) is 2.98. The zero-order chi connectivity index (χ0) is 24.5. The van der Waals surface area contributed by atoms with Crippen molar-refractivity contribution < 1.29 is 32.2 Å². The maximum Gasteiger partial charge on any atom is 0.252 e. The number of anilines is 1. The second kappa shape index (κ2) is 9.75. The van der Waals surface area contributed by atoms with Crippen molar-refractivity contribution in [2.24, 2.45) is 4.99 Å². The van der Waals surface area contributed by atoms with Gasteiger partial charge in [0, 0.05) is 11.3 Å². The Bertz CT molecular complexity index is 1230. The highest BCUT2D eigenvalue weighted by Crippen LogP contribution is 2.44. The number of benzene rings is 2. The molecular formula is C23H26N2O7S2. The van der Waals surface area contributed by atoms with Gasteiger partial charge in [0.05, 0.1) is 58.1 Å². The van der Waals surface area contributed by atoms with Crippen molar-refractivity contribution in [3.8, 4) is 23.0 Å². The largest absolute Gasteiger partial charge is 0.497 e. The molecule has 0 spiro atoms. The first-order valence-corrected chi connectivity index (χ1v) is 13.2. The fraction of sp³-hybridized carbons (Fsp3) is 0.391. The second-order valence-corrected chi connectivity index (χ2v) is 11.2. The zero-order valence-electron chi connectivity index (χ0n) is 19.3. The minimum Gasteiger partial charge on any atom is -0.497 e. The number of methoxy groups -OCH3 is 4. The standard InChI is InChI=1S/C23H26N2O7S2/c1-29-15-6-7-16(19(11-15)31-3)25-17-12-34(27,28)13-21(17)33-23(25)24-22(26)10-14-5-8-18(30-2)20(9-14)32-4/h5-9,11,17,21H,10,12-13H2,1-4H3/t17-,21+/m1/s1. The van der Waals surface area contributed by atoms with Crippen LogP contribution in [0.5, 0.6) is 23.0 Å². The van der Waals surface area contributed by atoms with Crippen molar-refractivity contribution in [2.75, 3.05) is 44.8 Å². The van der Waals surface area contributed by atoms with Crippen LogP contribution in [-0.4, -0.2) is 70.7 Å². The Labute approximate surface area is 203 Å². The molecule has 2 aliphatic heterocycles. The summed E-state index contributed by atoms with van der Waals surface area (Å²) in [6.45, 7) is 0. The average Bonchev–Trinajstić information content (AvgIpc) is 3.28. The maximum atomic E-state index is 12.9. The molecule has 2 heterocycles. The van der Waals surface area contributed by atoms with Gasteiger partial charge in [0.1, 0.15) is 11.5 Å². The Morgan fingerprint density at radius 2 is 1.71 bits per heavy atom. The highest BCUT2D eigenvalue weighted by atomic mass is 32.2. The summed E-state index contributed by atoms with van der Waals surface area (Å²) in [4.78, 5) is 19.1. The van der Waals surface area contributed by atoms with E-state index in [0.717, 1.165) is 5.56 Å². The number of amidine groups is 1. The molecule has 34 heavy (non-hydrogen) atoms. The van der Waals surface area contributed by atoms with Gasteiger partial charge in [0.25, 0.3) is 5.91 Å². The van der Waals surface area contributed by atoms with Gasteiger partial charge >= 0.3 is 0 Å². The Morgan fingerprint density at radius 3 is 2.38 bits per heavy atom. The van der Waals surface area contributed by atoms with Crippen LogP contribution in [0, 0.1) is 0 Å². The third kappa shape index (κ3) is 4.80. The van der Waals surface area contributed by atoms with E-state index < -0.39 is 9.84 Å². The maximum absolute atomic E-state index is 12.9. The normalized spacial score (nSPS) is 21.9. The number of carbonyl (C=O) groups excluding carboxylic acids is 1. The van der Waals surface area contributed by atoms with Crippen molar-refractivity contribution in [2.45, 2.75) is 17.7 Å². The van der Waals surface area contributed by atoms with Crippen molar-refractivity contribution in [1.29, 1.82) is 0 Å². The number of sulfone groups is 1. The summed E-state index contributed by atoms with van der Waals surface area (Å²) in [6.07, 6.45) is 0.0611. The van der Waals surface area contributed by atoms with Crippen molar-refractivity contribution in [3.63, 3.8) is 0 Å². The van der Waals surface area contributed by atoms with E-state index >= 15 is 0 Å². The number of carbonyl (C=O) groups is 1. The van der Waals surface area contributed by atoms with Crippen LogP contribution in [0.25, 0.3) is 0 Å². The highest BCUT2D eigenvalue weighted by molar-refractivity contribution is 8.16. The van der Waals surface area contributed by atoms with Gasteiger partial charge in [0.15, 0.2) is 26.5 Å². The number of nitrogens with zero attached hydrogens (tertiary/aromatic N) is 2. The topological polar surface area (TPSA) is 104 Å². The molecule has 1 amide bonds. The predicted molar refractivity (Wildman–Crippen MR) is 132 cm³/mol. The van der Waals surface area contributed by atoms with E-state index in [-0.39, 0.29) is 35.1 Å². The number of hydrogen-bond acceptors (Lipinski definition) is 8. The molecule has 0 saturated carbocycles. The lowest BCUT2D eigenvalue weighted by atomic mass is 10.1. The number of aliphatic imine (C=N–C) groups is 1. The lowest BCUT2D eigenvalue weighted by Crippen LogP contribution is -2.38. The highest BCUT2D eigenvalue weighted by Gasteiger charge is 2.50. The summed E-state index contributed by atoms with van der Waals surface area (Å²) in [5.74, 6) is 1.89. The number of rotatable bonds is 7. The molecule has 0 aliphatic carbocycles. The summed E-state index contributed by atoms with van der Waals surface area (Å²) in [6, 6.07) is 10.2. The predicted octanol–water partition coefficient (Wildman–Crippen LogP) is 2.57. The monoisotopic (exact) mass is 506 g/mol. The first kappa shape index (κ1) is 24.2. The van der Waals surface area contributed by atoms with Crippen LogP contribution in [0.2, 0.25) is 0 Å². The van der Waals surface area contributed by atoms with Crippen LogP contribution in [0.3, 0.4) is 0 Å². The van der Waals surface area contributed by atoms with E-state index in [1.165, 1.54) is 26.0 Å². The van der Waals surface area contributed by atoms with Gasteiger partial charge in [-0.1, -0.05) is 17.8 Å². The molecule has 0 radical (unpaired) electrons. The van der Waals surface area contributed by atoms with E-state index in [4.69, 9.17) is 18.9 Å². The van der Waals surface area contributed by atoms with Gasteiger partial charge in [-0.3, -0.25) is 4.79 Å². The number of ether oxygens (including phenoxy) is 4. The minimum atomic E-state index is -3.19. The van der Waals surface area contributed by atoms with Crippen LogP contribution in [0.15, 0.2) is 41.4 Å². The van der Waals surface area contributed by atoms with E-state index in [9.17, 15) is 13.2 Å². The van der Waals surface area contributed by atoms with Gasteiger partial charge in [-0.05, 0) is 29.8 Å². The van der Waals surface area contributed by atoms with E-state index in [2.05, 4.69) is 4.99 Å². The fourth-order valence-electron chi connectivity index (χ4n) is 4.14. The molecule has 2 saturated heterocycles. The number of hydrogen-bond donors (Lipinski definition) is 0. The molecule has 11 heteroatoms. The number of amides is 1. The molecule has 2 aromatic carbocycles. The SMILES string of the molecule is COc1ccc(N2C(=NC(=O)Cc3ccc(OC)c(OC)c3)S[C@H]3CS(=O)(=O)C[C@H]32)c(OC)c1. The summed E-state index contributed by atoms with van der Waals surface area (Å²) < 4.78 is 46.1. The summed E-state index contributed by atoms with van der Waals surface area (Å²) in [5.41, 5.74) is 1.37. The molecular weight excluding hydrogens is 480 g/mol. The molecule has 9 nitrogen and oxygen atoms in total. The van der Waals surface area contributed by atoms with Crippen LogP contribution in [0.4, 0.5) is 5.69 Å². The smallest absolute Gasteiger partial charge is 0.252 e. The minimum absolute atomic E-state index is 0.0112. The van der Waals surface area contributed by atoms with Crippen molar-refractivity contribution in [3.05, 3.63) is 42.0 Å². The van der Waals surface area contributed by atoms with E-state index in [1.54, 1.807) is 50.6 Å². The third-order valence-corrected chi connectivity index (χ3v) is 8.95. The van der Waals surface area contributed by atoms with Gasteiger partial charge in [0.2, 0.25) is 0 Å². The Morgan fingerprint density at radius 1 is 0.971 bits per heavy atom. The molecule has 0 bridgehead atoms. The molecule has 2 fully saturated rings. The summed E-state index contributed by atoms with van der Waals surface area (Å²) in [5, 5.41) is 0.239. The number of thioether (sulfide) groups is 1. The number of fused-ring (bicyclic) bond motifs is 1. The molecule has 2 aliphatic rings. The van der Waals surface area contributed by atoms with Crippen molar-refractivity contribution in [1.82, 2.24) is 0 Å². The quantitative estimate of drug-likeness (QED) is 0.560. The van der Waals surface area contributed by atoms with Crippen LogP contribution in [-0.2, 0) is 21.1 Å². The molecule has 0 aromatic heterocycles. The Kier molecular flexibility index (Phi) is 6.94. The van der Waals surface area contributed by atoms with Gasteiger partial charge in [-0.2, -0.15) is 4.99 Å². The van der Waals surface area contributed by atoms with E-state index in [0.29, 0.717) is 33.9 Å². The first-order chi connectivity index (χ1) is 16.3. The Hall–Kier alpha value is -2.92. The molecule has 2 aromatic rings. The average molecular weight is 507 g/mol.